The second kappa shape index (κ2) is 7.59. The summed E-state index contributed by atoms with van der Waals surface area (Å²) in [7, 11) is 3.90. The van der Waals surface area contributed by atoms with Gasteiger partial charge in [0, 0.05) is 24.1 Å². The van der Waals surface area contributed by atoms with Crippen molar-refractivity contribution in [1.29, 1.82) is 0 Å². The van der Waals surface area contributed by atoms with Crippen molar-refractivity contribution >= 4 is 5.91 Å². The average Bonchev–Trinajstić information content (AvgIpc) is 3.41. The Bertz CT molecular complexity index is 627. The first-order chi connectivity index (χ1) is 12.7. The quantitative estimate of drug-likeness (QED) is 0.809. The smallest absolute Gasteiger partial charge is 0.226 e. The minimum absolute atomic E-state index is 0.298. The fraction of sp³-hybridized carbons (Fsp3) is 0.682. The molecular formula is C22H32N2O2. The van der Waals surface area contributed by atoms with Crippen molar-refractivity contribution in [1.82, 2.24) is 9.80 Å². The molecule has 142 valence electrons. The molecule has 2 unspecified atom stereocenters. The Morgan fingerprint density at radius 2 is 1.77 bits per heavy atom. The van der Waals surface area contributed by atoms with E-state index in [1.807, 2.05) is 18.2 Å². The SMILES string of the molecule is COc1ccccc1CN(C(=O)C1C2CCCCC21)C1CCN(C)CC1. The van der Waals surface area contributed by atoms with Crippen molar-refractivity contribution in [2.75, 3.05) is 27.2 Å². The number of para-hydroxylation sites is 1. The fourth-order valence-electron chi connectivity index (χ4n) is 5.26. The van der Waals surface area contributed by atoms with Crippen LogP contribution in [-0.2, 0) is 11.3 Å². The molecule has 1 aromatic rings. The lowest BCUT2D eigenvalue weighted by Gasteiger charge is -2.38. The number of likely N-dealkylation sites (tertiary alicyclic amines) is 1. The summed E-state index contributed by atoms with van der Waals surface area (Å²) in [5.74, 6) is 2.95. The summed E-state index contributed by atoms with van der Waals surface area (Å²) in [6.45, 7) is 2.85. The van der Waals surface area contributed by atoms with Crippen molar-refractivity contribution in [3.8, 4) is 5.75 Å². The normalized spacial score (nSPS) is 29.1. The van der Waals surface area contributed by atoms with Crippen molar-refractivity contribution in [3.05, 3.63) is 29.8 Å². The summed E-state index contributed by atoms with van der Waals surface area (Å²) in [5.41, 5.74) is 1.13. The molecule has 2 saturated carbocycles. The van der Waals surface area contributed by atoms with Crippen LogP contribution in [0.4, 0.5) is 0 Å². The van der Waals surface area contributed by atoms with Crippen LogP contribution in [0.3, 0.4) is 0 Å². The van der Waals surface area contributed by atoms with E-state index in [1.165, 1.54) is 25.7 Å². The highest BCUT2D eigenvalue weighted by Gasteiger charge is 2.56. The zero-order valence-corrected chi connectivity index (χ0v) is 16.2. The van der Waals surface area contributed by atoms with Gasteiger partial charge in [0.15, 0.2) is 0 Å². The van der Waals surface area contributed by atoms with Gasteiger partial charge in [0.25, 0.3) is 0 Å². The number of fused-ring (bicyclic) bond motifs is 1. The highest BCUT2D eigenvalue weighted by molar-refractivity contribution is 5.83. The van der Waals surface area contributed by atoms with E-state index in [1.54, 1.807) is 7.11 Å². The lowest BCUT2D eigenvalue weighted by molar-refractivity contribution is -0.137. The van der Waals surface area contributed by atoms with E-state index < -0.39 is 0 Å². The Kier molecular flexibility index (Phi) is 5.21. The Hall–Kier alpha value is -1.55. The number of hydrogen-bond acceptors (Lipinski definition) is 3. The van der Waals surface area contributed by atoms with Gasteiger partial charge in [-0.2, -0.15) is 0 Å². The summed E-state index contributed by atoms with van der Waals surface area (Å²) in [5, 5.41) is 0. The Balaban J connectivity index is 1.54. The molecule has 2 atom stereocenters. The highest BCUT2D eigenvalue weighted by atomic mass is 16.5. The van der Waals surface area contributed by atoms with Gasteiger partial charge in [-0.1, -0.05) is 31.0 Å². The number of methoxy groups -OCH3 is 1. The molecule has 3 fully saturated rings. The number of carbonyl (C=O) groups excluding carboxylic acids is 1. The molecule has 1 amide bonds. The van der Waals surface area contributed by atoms with Gasteiger partial charge >= 0.3 is 0 Å². The second-order valence-corrected chi connectivity index (χ2v) is 8.45. The van der Waals surface area contributed by atoms with Gasteiger partial charge in [0.1, 0.15) is 5.75 Å². The third-order valence-corrected chi connectivity index (χ3v) is 6.89. The number of ether oxygens (including phenoxy) is 1. The largest absolute Gasteiger partial charge is 0.496 e. The molecule has 26 heavy (non-hydrogen) atoms. The van der Waals surface area contributed by atoms with Crippen LogP contribution in [0, 0.1) is 17.8 Å². The number of rotatable bonds is 5. The van der Waals surface area contributed by atoms with Crippen molar-refractivity contribution in [2.45, 2.75) is 51.1 Å². The van der Waals surface area contributed by atoms with Crippen LogP contribution >= 0.6 is 0 Å². The predicted octanol–water partition coefficient (Wildman–Crippen LogP) is 3.55. The van der Waals surface area contributed by atoms with E-state index in [2.05, 4.69) is 22.9 Å². The number of nitrogens with zero attached hydrogens (tertiary/aromatic N) is 2. The van der Waals surface area contributed by atoms with Gasteiger partial charge in [-0.25, -0.2) is 0 Å². The molecular weight excluding hydrogens is 324 g/mol. The molecule has 4 rings (SSSR count). The molecule has 1 aromatic carbocycles. The first-order valence-electron chi connectivity index (χ1n) is 10.3. The van der Waals surface area contributed by atoms with Crippen LogP contribution in [0.1, 0.15) is 44.1 Å². The van der Waals surface area contributed by atoms with Gasteiger partial charge in [-0.15, -0.1) is 0 Å². The minimum Gasteiger partial charge on any atom is -0.496 e. The molecule has 1 heterocycles. The topological polar surface area (TPSA) is 32.8 Å². The number of hydrogen-bond donors (Lipinski definition) is 0. The molecule has 0 N–H and O–H groups in total. The molecule has 4 heteroatoms. The van der Waals surface area contributed by atoms with Gasteiger partial charge in [0.2, 0.25) is 5.91 Å². The summed E-state index contributed by atoms with van der Waals surface area (Å²) in [6.07, 6.45) is 7.31. The number of carbonyl (C=O) groups is 1. The molecule has 0 radical (unpaired) electrons. The van der Waals surface area contributed by atoms with E-state index in [0.29, 0.717) is 36.2 Å². The molecule has 4 nitrogen and oxygen atoms in total. The van der Waals surface area contributed by atoms with Gasteiger partial charge in [-0.05, 0) is 63.7 Å². The summed E-state index contributed by atoms with van der Waals surface area (Å²) >= 11 is 0. The Morgan fingerprint density at radius 1 is 1.12 bits per heavy atom. The van der Waals surface area contributed by atoms with Gasteiger partial charge in [-0.3, -0.25) is 4.79 Å². The first-order valence-corrected chi connectivity index (χ1v) is 10.3. The number of amides is 1. The first kappa shape index (κ1) is 17.8. The minimum atomic E-state index is 0.298. The van der Waals surface area contributed by atoms with Crippen LogP contribution < -0.4 is 4.74 Å². The predicted molar refractivity (Wildman–Crippen MR) is 103 cm³/mol. The lowest BCUT2D eigenvalue weighted by Crippen LogP contribution is -2.47. The summed E-state index contributed by atoms with van der Waals surface area (Å²) < 4.78 is 5.55. The zero-order chi connectivity index (χ0) is 18.1. The molecule has 2 aliphatic carbocycles. The summed E-state index contributed by atoms with van der Waals surface area (Å²) in [4.78, 5) is 18.1. The molecule has 1 saturated heterocycles. The standard InChI is InChI=1S/C22H32N2O2/c1-23-13-11-17(12-14-23)24(15-16-7-3-6-10-20(16)26-2)22(25)21-18-8-4-5-9-19(18)21/h3,6-7,10,17-19,21H,4-5,8-9,11-15H2,1-2H3. The van der Waals surface area contributed by atoms with Crippen LogP contribution in [-0.4, -0.2) is 49.0 Å². The van der Waals surface area contributed by atoms with E-state index >= 15 is 0 Å². The monoisotopic (exact) mass is 356 g/mol. The van der Waals surface area contributed by atoms with Crippen molar-refractivity contribution < 1.29 is 9.53 Å². The molecule has 0 aromatic heterocycles. The molecule has 1 aliphatic heterocycles. The third-order valence-electron chi connectivity index (χ3n) is 6.89. The van der Waals surface area contributed by atoms with Crippen LogP contribution in [0.25, 0.3) is 0 Å². The molecule has 0 bridgehead atoms. The Labute approximate surface area is 157 Å². The average molecular weight is 357 g/mol. The highest BCUT2D eigenvalue weighted by Crippen LogP contribution is 2.56. The maximum Gasteiger partial charge on any atom is 0.226 e. The molecule has 0 spiro atoms. The van der Waals surface area contributed by atoms with Crippen LogP contribution in [0.5, 0.6) is 5.75 Å². The molecule has 3 aliphatic rings. The Morgan fingerprint density at radius 3 is 2.42 bits per heavy atom. The van der Waals surface area contributed by atoms with Gasteiger partial charge in [0.05, 0.1) is 7.11 Å². The third kappa shape index (κ3) is 3.48. The van der Waals surface area contributed by atoms with Gasteiger partial charge < -0.3 is 14.5 Å². The maximum atomic E-state index is 13.5. The van der Waals surface area contributed by atoms with E-state index in [-0.39, 0.29) is 0 Å². The van der Waals surface area contributed by atoms with Crippen molar-refractivity contribution in [3.63, 3.8) is 0 Å². The second-order valence-electron chi connectivity index (χ2n) is 8.45. The summed E-state index contributed by atoms with van der Waals surface area (Å²) in [6, 6.07) is 8.52. The van der Waals surface area contributed by atoms with Crippen LogP contribution in [0.2, 0.25) is 0 Å². The van der Waals surface area contributed by atoms with E-state index in [4.69, 9.17) is 4.74 Å². The van der Waals surface area contributed by atoms with E-state index in [9.17, 15) is 4.79 Å². The zero-order valence-electron chi connectivity index (χ0n) is 16.2. The number of benzene rings is 1. The van der Waals surface area contributed by atoms with Crippen molar-refractivity contribution in [2.24, 2.45) is 17.8 Å². The number of piperidine rings is 1. The lowest BCUT2D eigenvalue weighted by atomic mass is 10.0. The van der Waals surface area contributed by atoms with E-state index in [0.717, 1.165) is 37.2 Å². The fourth-order valence-corrected chi connectivity index (χ4v) is 5.26. The maximum absolute atomic E-state index is 13.5. The van der Waals surface area contributed by atoms with Crippen LogP contribution in [0.15, 0.2) is 24.3 Å².